The Morgan fingerprint density at radius 2 is 1.90 bits per heavy atom. The van der Waals surface area contributed by atoms with Crippen molar-refractivity contribution >= 4 is 27.9 Å². The molecule has 4 rings (SSSR count). The number of amides is 1. The first-order chi connectivity index (χ1) is 14.0. The van der Waals surface area contributed by atoms with E-state index in [-0.39, 0.29) is 12.5 Å². The van der Waals surface area contributed by atoms with Crippen molar-refractivity contribution in [3.63, 3.8) is 0 Å². The van der Waals surface area contributed by atoms with Gasteiger partial charge in [0.25, 0.3) is 5.91 Å². The number of aromatic nitrogens is 4. The highest BCUT2D eigenvalue weighted by molar-refractivity contribution is 7.19. The van der Waals surface area contributed by atoms with E-state index >= 15 is 0 Å². The summed E-state index contributed by atoms with van der Waals surface area (Å²) in [5, 5.41) is 16.5. The third kappa shape index (κ3) is 4.12. The summed E-state index contributed by atoms with van der Waals surface area (Å²) in [7, 11) is 0. The van der Waals surface area contributed by atoms with Crippen LogP contribution in [-0.2, 0) is 11.2 Å². The minimum Gasteiger partial charge on any atom is -0.484 e. The van der Waals surface area contributed by atoms with Crippen LogP contribution in [0.5, 0.6) is 5.75 Å². The number of fused-ring (bicyclic) bond motifs is 1. The van der Waals surface area contributed by atoms with E-state index in [1.54, 1.807) is 4.52 Å². The predicted molar refractivity (Wildman–Crippen MR) is 114 cm³/mol. The highest BCUT2D eigenvalue weighted by atomic mass is 32.1. The van der Waals surface area contributed by atoms with Crippen LogP contribution < -0.4 is 10.1 Å². The van der Waals surface area contributed by atoms with Gasteiger partial charge in [-0.1, -0.05) is 24.3 Å². The van der Waals surface area contributed by atoms with Crippen LogP contribution in [0.3, 0.4) is 0 Å². The van der Waals surface area contributed by atoms with Crippen molar-refractivity contribution in [2.45, 2.75) is 27.2 Å². The lowest BCUT2D eigenvalue weighted by Crippen LogP contribution is -2.20. The summed E-state index contributed by atoms with van der Waals surface area (Å²) in [5.41, 5.74) is 4.00. The molecule has 2 aromatic heterocycles. The van der Waals surface area contributed by atoms with Crippen LogP contribution in [0.2, 0.25) is 0 Å². The van der Waals surface area contributed by atoms with E-state index in [2.05, 4.69) is 20.6 Å². The highest BCUT2D eigenvalue weighted by Crippen LogP contribution is 2.26. The Morgan fingerprint density at radius 3 is 2.62 bits per heavy atom. The van der Waals surface area contributed by atoms with Gasteiger partial charge in [0.15, 0.2) is 12.4 Å². The minimum absolute atomic E-state index is 0.0409. The number of nitrogens with one attached hydrogen (secondary N) is 1. The SMILES string of the molecule is CCc1nnc2sc(-c3ccc(NC(=O)COc4ccc(C)c(C)c4)cc3)nn12. The Kier molecular flexibility index (Phi) is 5.26. The van der Waals surface area contributed by atoms with Gasteiger partial charge in [0.05, 0.1) is 0 Å². The second-order valence-corrected chi connectivity index (χ2v) is 7.69. The third-order valence-corrected chi connectivity index (χ3v) is 5.58. The summed E-state index contributed by atoms with van der Waals surface area (Å²) in [6.07, 6.45) is 0.777. The van der Waals surface area contributed by atoms with Crippen LogP contribution in [-0.4, -0.2) is 32.3 Å². The molecule has 0 aliphatic rings. The van der Waals surface area contributed by atoms with Crippen molar-refractivity contribution < 1.29 is 9.53 Å². The number of carbonyl (C=O) groups is 1. The molecule has 1 N–H and O–H groups in total. The third-order valence-electron chi connectivity index (χ3n) is 4.64. The van der Waals surface area contributed by atoms with Crippen molar-refractivity contribution in [2.24, 2.45) is 0 Å². The van der Waals surface area contributed by atoms with Gasteiger partial charge < -0.3 is 10.1 Å². The second-order valence-electron chi connectivity index (χ2n) is 6.73. The Balaban J connectivity index is 1.38. The molecular formula is C21H21N5O2S. The molecule has 0 spiro atoms. The average Bonchev–Trinajstić information content (AvgIpc) is 3.30. The molecule has 0 aliphatic carbocycles. The molecule has 2 aromatic carbocycles. The number of rotatable bonds is 6. The van der Waals surface area contributed by atoms with Gasteiger partial charge in [-0.05, 0) is 61.4 Å². The summed E-state index contributed by atoms with van der Waals surface area (Å²) in [6.45, 7) is 6.04. The van der Waals surface area contributed by atoms with E-state index in [0.717, 1.165) is 33.3 Å². The van der Waals surface area contributed by atoms with Crippen molar-refractivity contribution in [3.05, 3.63) is 59.4 Å². The van der Waals surface area contributed by atoms with Gasteiger partial charge in [0.2, 0.25) is 4.96 Å². The van der Waals surface area contributed by atoms with Crippen molar-refractivity contribution in [1.29, 1.82) is 0 Å². The number of nitrogens with zero attached hydrogens (tertiary/aromatic N) is 4. The van der Waals surface area contributed by atoms with Crippen LogP contribution in [0, 0.1) is 13.8 Å². The standard InChI is InChI=1S/C21H21N5O2S/c1-4-18-23-24-21-26(18)25-20(29-21)15-6-8-16(9-7-15)22-19(27)12-28-17-10-5-13(2)14(3)11-17/h5-11H,4,12H2,1-3H3,(H,22,27). The molecule has 7 nitrogen and oxygen atoms in total. The fraction of sp³-hybridized carbons (Fsp3) is 0.238. The van der Waals surface area contributed by atoms with Crippen molar-refractivity contribution in [2.75, 3.05) is 11.9 Å². The fourth-order valence-corrected chi connectivity index (χ4v) is 3.70. The zero-order valence-electron chi connectivity index (χ0n) is 16.5. The van der Waals surface area contributed by atoms with Gasteiger partial charge in [0, 0.05) is 17.7 Å². The van der Waals surface area contributed by atoms with Crippen LogP contribution in [0.25, 0.3) is 15.5 Å². The van der Waals surface area contributed by atoms with Crippen molar-refractivity contribution in [1.82, 2.24) is 19.8 Å². The van der Waals surface area contributed by atoms with E-state index in [9.17, 15) is 4.79 Å². The number of benzene rings is 2. The van der Waals surface area contributed by atoms with Gasteiger partial charge >= 0.3 is 0 Å². The summed E-state index contributed by atoms with van der Waals surface area (Å²) in [4.78, 5) is 13.0. The minimum atomic E-state index is -0.206. The Bertz CT molecular complexity index is 1160. The maximum atomic E-state index is 12.2. The lowest BCUT2D eigenvalue weighted by Gasteiger charge is -2.09. The molecule has 0 bridgehead atoms. The van der Waals surface area contributed by atoms with E-state index < -0.39 is 0 Å². The van der Waals surface area contributed by atoms with E-state index in [1.165, 1.54) is 16.9 Å². The van der Waals surface area contributed by atoms with Crippen LogP contribution in [0.1, 0.15) is 23.9 Å². The van der Waals surface area contributed by atoms with Gasteiger partial charge in [-0.2, -0.15) is 9.61 Å². The molecule has 0 radical (unpaired) electrons. The Hall–Kier alpha value is -3.26. The normalized spacial score (nSPS) is 11.0. The molecule has 8 heteroatoms. The van der Waals surface area contributed by atoms with Crippen LogP contribution in [0.15, 0.2) is 42.5 Å². The number of carbonyl (C=O) groups excluding carboxylic acids is 1. The average molecular weight is 407 g/mol. The fourth-order valence-electron chi connectivity index (χ4n) is 2.84. The molecule has 0 unspecified atom stereocenters. The number of aryl methyl sites for hydroxylation is 3. The smallest absolute Gasteiger partial charge is 0.262 e. The topological polar surface area (TPSA) is 81.4 Å². The highest BCUT2D eigenvalue weighted by Gasteiger charge is 2.12. The van der Waals surface area contributed by atoms with Crippen molar-refractivity contribution in [3.8, 4) is 16.3 Å². The summed E-state index contributed by atoms with van der Waals surface area (Å²) in [6, 6.07) is 13.3. The summed E-state index contributed by atoms with van der Waals surface area (Å²) < 4.78 is 7.36. The molecule has 0 fully saturated rings. The molecule has 0 saturated heterocycles. The molecule has 0 saturated carbocycles. The van der Waals surface area contributed by atoms with E-state index in [4.69, 9.17) is 4.74 Å². The lowest BCUT2D eigenvalue weighted by molar-refractivity contribution is -0.118. The Morgan fingerprint density at radius 1 is 1.10 bits per heavy atom. The number of hydrogen-bond acceptors (Lipinski definition) is 6. The second kappa shape index (κ2) is 8.00. The summed E-state index contributed by atoms with van der Waals surface area (Å²) in [5.74, 6) is 1.32. The summed E-state index contributed by atoms with van der Waals surface area (Å²) >= 11 is 1.49. The van der Waals surface area contributed by atoms with Gasteiger partial charge in [-0.15, -0.1) is 10.2 Å². The first-order valence-electron chi connectivity index (χ1n) is 9.35. The monoisotopic (exact) mass is 407 g/mol. The van der Waals surface area contributed by atoms with Crippen LogP contribution in [0.4, 0.5) is 5.69 Å². The maximum Gasteiger partial charge on any atom is 0.262 e. The zero-order chi connectivity index (χ0) is 20.4. The number of hydrogen-bond donors (Lipinski definition) is 1. The molecule has 0 atom stereocenters. The first-order valence-corrected chi connectivity index (χ1v) is 10.2. The van der Waals surface area contributed by atoms with Crippen LogP contribution >= 0.6 is 11.3 Å². The molecule has 148 valence electrons. The first kappa shape index (κ1) is 19.1. The van der Waals surface area contributed by atoms with E-state index in [1.807, 2.05) is 63.2 Å². The molecule has 4 aromatic rings. The van der Waals surface area contributed by atoms with Gasteiger partial charge in [-0.3, -0.25) is 4.79 Å². The number of ether oxygens (including phenoxy) is 1. The molecule has 0 aliphatic heterocycles. The lowest BCUT2D eigenvalue weighted by atomic mass is 10.1. The molecule has 2 heterocycles. The Labute approximate surface area is 172 Å². The quantitative estimate of drug-likeness (QED) is 0.521. The maximum absolute atomic E-state index is 12.2. The van der Waals surface area contributed by atoms with Gasteiger partial charge in [-0.25, -0.2) is 0 Å². The molecule has 29 heavy (non-hydrogen) atoms. The van der Waals surface area contributed by atoms with E-state index in [0.29, 0.717) is 11.4 Å². The van der Waals surface area contributed by atoms with Gasteiger partial charge in [0.1, 0.15) is 10.8 Å². The zero-order valence-corrected chi connectivity index (χ0v) is 17.3. The molecular weight excluding hydrogens is 386 g/mol. The molecule has 1 amide bonds. The number of anilines is 1. The predicted octanol–water partition coefficient (Wildman–Crippen LogP) is 4.05. The largest absolute Gasteiger partial charge is 0.484 e.